The molecule has 1 aromatic carbocycles. The molecule has 21 heavy (non-hydrogen) atoms. The van der Waals surface area contributed by atoms with E-state index in [1.165, 1.54) is 25.1 Å². The zero-order valence-electron chi connectivity index (χ0n) is 11.0. The van der Waals surface area contributed by atoms with Gasteiger partial charge in [0.25, 0.3) is 0 Å². The molecule has 0 radical (unpaired) electrons. The van der Waals surface area contributed by atoms with Crippen LogP contribution in [0.5, 0.6) is 0 Å². The summed E-state index contributed by atoms with van der Waals surface area (Å²) < 4.78 is 40.0. The van der Waals surface area contributed by atoms with Crippen LogP contribution in [-0.4, -0.2) is 19.5 Å². The molecule has 0 fully saturated rings. The first-order valence-electron chi connectivity index (χ1n) is 5.88. The van der Waals surface area contributed by atoms with Gasteiger partial charge in [0.15, 0.2) is 0 Å². The van der Waals surface area contributed by atoms with Crippen LogP contribution in [0.1, 0.15) is 20.1 Å². The average molecular weight is 329 g/mol. The van der Waals surface area contributed by atoms with E-state index in [2.05, 4.69) is 4.72 Å². The van der Waals surface area contributed by atoms with Crippen molar-refractivity contribution in [2.24, 2.45) is 0 Å². The summed E-state index contributed by atoms with van der Waals surface area (Å²) in [4.78, 5) is 11.1. The molecular weight excluding hydrogens is 317 g/mol. The molecule has 0 saturated heterocycles. The molecule has 2 rings (SSSR count). The molecule has 0 aliphatic heterocycles. The minimum Gasteiger partial charge on any atom is -0.477 e. The lowest BCUT2D eigenvalue weighted by Gasteiger charge is -2.07. The minimum atomic E-state index is -3.89. The predicted octanol–water partition coefficient (Wildman–Crippen LogP) is 2.37. The number of nitrogens with one attached hydrogen (secondary N) is 1. The quantitative estimate of drug-likeness (QED) is 0.882. The summed E-state index contributed by atoms with van der Waals surface area (Å²) in [6.45, 7) is 1.32. The number of hydrogen-bond donors (Lipinski definition) is 2. The average Bonchev–Trinajstić information content (AvgIpc) is 2.81. The molecule has 0 amide bonds. The molecule has 0 bridgehead atoms. The van der Waals surface area contributed by atoms with E-state index in [9.17, 15) is 17.6 Å². The third-order valence-corrected chi connectivity index (χ3v) is 5.48. The van der Waals surface area contributed by atoms with Crippen LogP contribution in [0.3, 0.4) is 0 Å². The van der Waals surface area contributed by atoms with Gasteiger partial charge in [0.1, 0.15) is 10.7 Å². The number of thiophene rings is 1. The standard InChI is InChI=1S/C13H12FNO4S2/c1-8-12(6-11(20-8)13(16)17)21(18,19)15-7-9-4-2-3-5-10(9)14/h2-6,15H,7H2,1H3,(H,16,17). The van der Waals surface area contributed by atoms with E-state index in [1.54, 1.807) is 6.07 Å². The van der Waals surface area contributed by atoms with Gasteiger partial charge < -0.3 is 5.11 Å². The molecule has 5 nitrogen and oxygen atoms in total. The van der Waals surface area contributed by atoms with Crippen molar-refractivity contribution in [3.05, 3.63) is 51.5 Å². The summed E-state index contributed by atoms with van der Waals surface area (Å²) in [5.41, 5.74) is 0.215. The fraction of sp³-hybridized carbons (Fsp3) is 0.154. The zero-order chi connectivity index (χ0) is 15.6. The highest BCUT2D eigenvalue weighted by atomic mass is 32.2. The molecule has 8 heteroatoms. The van der Waals surface area contributed by atoms with Crippen LogP contribution in [0.15, 0.2) is 35.2 Å². The molecule has 0 spiro atoms. The summed E-state index contributed by atoms with van der Waals surface area (Å²) in [5.74, 6) is -1.69. The Bertz CT molecular complexity index is 783. The molecule has 0 aliphatic rings. The van der Waals surface area contributed by atoms with Crippen LogP contribution >= 0.6 is 11.3 Å². The Hall–Kier alpha value is -1.77. The smallest absolute Gasteiger partial charge is 0.345 e. The molecule has 0 unspecified atom stereocenters. The minimum absolute atomic E-state index is 0.0567. The number of carboxylic acids is 1. The zero-order valence-corrected chi connectivity index (χ0v) is 12.6. The van der Waals surface area contributed by atoms with Gasteiger partial charge in [-0.15, -0.1) is 11.3 Å². The van der Waals surface area contributed by atoms with Gasteiger partial charge in [-0.3, -0.25) is 0 Å². The third kappa shape index (κ3) is 3.46. The lowest BCUT2D eigenvalue weighted by Crippen LogP contribution is -2.23. The maximum atomic E-state index is 13.4. The predicted molar refractivity (Wildman–Crippen MR) is 76.4 cm³/mol. The third-order valence-electron chi connectivity index (χ3n) is 2.78. The molecule has 0 atom stereocenters. The molecule has 1 aromatic heterocycles. The van der Waals surface area contributed by atoms with Gasteiger partial charge >= 0.3 is 5.97 Å². The number of benzene rings is 1. The first-order valence-corrected chi connectivity index (χ1v) is 8.18. The first kappa shape index (κ1) is 15.6. The van der Waals surface area contributed by atoms with Crippen molar-refractivity contribution in [1.29, 1.82) is 0 Å². The van der Waals surface area contributed by atoms with E-state index >= 15 is 0 Å². The normalized spacial score (nSPS) is 11.5. The monoisotopic (exact) mass is 329 g/mol. The fourth-order valence-corrected chi connectivity index (χ4v) is 4.16. The summed E-state index contributed by atoms with van der Waals surface area (Å²) in [6.07, 6.45) is 0. The topological polar surface area (TPSA) is 83.5 Å². The van der Waals surface area contributed by atoms with E-state index in [-0.39, 0.29) is 21.9 Å². The van der Waals surface area contributed by atoms with Crippen LogP contribution in [0.25, 0.3) is 0 Å². The van der Waals surface area contributed by atoms with E-state index < -0.39 is 21.8 Å². The van der Waals surface area contributed by atoms with Crippen LogP contribution in [0, 0.1) is 12.7 Å². The van der Waals surface area contributed by atoms with Gasteiger partial charge in [-0.25, -0.2) is 22.3 Å². The number of hydrogen-bond acceptors (Lipinski definition) is 4. The van der Waals surface area contributed by atoms with E-state index in [4.69, 9.17) is 5.11 Å². The lowest BCUT2D eigenvalue weighted by molar-refractivity contribution is 0.0702. The highest BCUT2D eigenvalue weighted by molar-refractivity contribution is 7.89. The molecule has 0 saturated carbocycles. The summed E-state index contributed by atoms with van der Waals surface area (Å²) in [5, 5.41) is 8.88. The van der Waals surface area contributed by atoms with Crippen molar-refractivity contribution in [3.8, 4) is 0 Å². The van der Waals surface area contributed by atoms with Crippen molar-refractivity contribution in [3.63, 3.8) is 0 Å². The molecule has 0 aliphatic carbocycles. The summed E-state index contributed by atoms with van der Waals surface area (Å²) >= 11 is 0.881. The van der Waals surface area contributed by atoms with Gasteiger partial charge in [-0.2, -0.15) is 0 Å². The highest BCUT2D eigenvalue weighted by Crippen LogP contribution is 2.25. The number of aryl methyl sites for hydroxylation is 1. The Morgan fingerprint density at radius 3 is 2.62 bits per heavy atom. The van der Waals surface area contributed by atoms with Crippen molar-refractivity contribution < 1.29 is 22.7 Å². The maximum Gasteiger partial charge on any atom is 0.345 e. The first-order chi connectivity index (χ1) is 9.81. The highest BCUT2D eigenvalue weighted by Gasteiger charge is 2.22. The number of carbonyl (C=O) groups is 1. The van der Waals surface area contributed by atoms with Crippen molar-refractivity contribution in [2.75, 3.05) is 0 Å². The second-order valence-electron chi connectivity index (χ2n) is 4.25. The SMILES string of the molecule is Cc1sc(C(=O)O)cc1S(=O)(=O)NCc1ccccc1F. The number of sulfonamides is 1. The van der Waals surface area contributed by atoms with Crippen LogP contribution in [0.4, 0.5) is 4.39 Å². The van der Waals surface area contributed by atoms with E-state index in [0.717, 1.165) is 17.4 Å². The Morgan fingerprint density at radius 2 is 2.05 bits per heavy atom. The second kappa shape index (κ2) is 5.92. The molecule has 2 N–H and O–H groups in total. The Morgan fingerprint density at radius 1 is 1.38 bits per heavy atom. The van der Waals surface area contributed by atoms with Crippen LogP contribution < -0.4 is 4.72 Å². The van der Waals surface area contributed by atoms with Gasteiger partial charge in [0.2, 0.25) is 10.0 Å². The van der Waals surface area contributed by atoms with Crippen LogP contribution in [0.2, 0.25) is 0 Å². The van der Waals surface area contributed by atoms with Gasteiger partial charge in [0, 0.05) is 17.0 Å². The number of rotatable bonds is 5. The summed E-state index contributed by atoms with van der Waals surface area (Å²) in [6, 6.07) is 6.93. The molecule has 112 valence electrons. The number of carboxylic acid groups (broad SMARTS) is 1. The van der Waals surface area contributed by atoms with E-state index in [1.807, 2.05) is 0 Å². The number of aromatic carboxylic acids is 1. The lowest BCUT2D eigenvalue weighted by atomic mass is 10.2. The van der Waals surface area contributed by atoms with Crippen molar-refractivity contribution in [1.82, 2.24) is 4.72 Å². The Balaban J connectivity index is 2.23. The molecule has 2 aromatic rings. The Labute approximate surface area is 125 Å². The van der Waals surface area contributed by atoms with Gasteiger partial charge in [0.05, 0.1) is 4.90 Å². The van der Waals surface area contributed by atoms with Gasteiger partial charge in [-0.05, 0) is 19.1 Å². The molecular formula is C13H12FNO4S2. The fourth-order valence-electron chi connectivity index (χ4n) is 1.73. The van der Waals surface area contributed by atoms with Crippen molar-refractivity contribution in [2.45, 2.75) is 18.4 Å². The van der Waals surface area contributed by atoms with Gasteiger partial charge in [-0.1, -0.05) is 18.2 Å². The van der Waals surface area contributed by atoms with E-state index in [0.29, 0.717) is 4.88 Å². The molecule has 1 heterocycles. The second-order valence-corrected chi connectivity index (χ2v) is 7.24. The van der Waals surface area contributed by atoms with Crippen LogP contribution in [-0.2, 0) is 16.6 Å². The largest absolute Gasteiger partial charge is 0.477 e. The summed E-state index contributed by atoms with van der Waals surface area (Å²) in [7, 11) is -3.89. The maximum absolute atomic E-state index is 13.4. The number of halogens is 1. The van der Waals surface area contributed by atoms with Crippen molar-refractivity contribution >= 4 is 27.3 Å². The Kier molecular flexibility index (Phi) is 4.40.